The fourth-order valence-electron chi connectivity index (χ4n) is 2.33. The van der Waals surface area contributed by atoms with Gasteiger partial charge < -0.3 is 8.75 Å². The van der Waals surface area contributed by atoms with Gasteiger partial charge in [0.25, 0.3) is 12.3 Å². The molecular formula is C16H12ClN5O3S. The van der Waals surface area contributed by atoms with Crippen LogP contribution in [0.4, 0.5) is 5.69 Å². The molecule has 2 N–H and O–H groups in total. The molecule has 8 nitrogen and oxygen atoms in total. The van der Waals surface area contributed by atoms with Gasteiger partial charge in [0.1, 0.15) is 12.7 Å². The van der Waals surface area contributed by atoms with Gasteiger partial charge in [-0.25, -0.2) is 4.85 Å². The molecular weight excluding hydrogens is 378 g/mol. The van der Waals surface area contributed by atoms with Gasteiger partial charge in [-0.2, -0.15) is 5.90 Å². The highest BCUT2D eigenvalue weighted by molar-refractivity contribution is 7.90. The van der Waals surface area contributed by atoms with Gasteiger partial charge in [-0.1, -0.05) is 35.9 Å². The average molecular weight is 390 g/mol. The van der Waals surface area contributed by atoms with Crippen LogP contribution in [0.5, 0.6) is 5.75 Å². The van der Waals surface area contributed by atoms with Gasteiger partial charge >= 0.3 is 0 Å². The summed E-state index contributed by atoms with van der Waals surface area (Å²) >= 11 is 6.78. The first-order chi connectivity index (χ1) is 12.7. The van der Waals surface area contributed by atoms with Crippen LogP contribution in [0.3, 0.4) is 0 Å². The van der Waals surface area contributed by atoms with E-state index < -0.39 is 0 Å². The lowest BCUT2D eigenvalue weighted by Gasteiger charge is -2.10. The van der Waals surface area contributed by atoms with Crippen LogP contribution in [-0.2, 0) is 15.9 Å². The smallest absolute Gasteiger partial charge is 0.260 e. The molecule has 3 rings (SSSR count). The van der Waals surface area contributed by atoms with Crippen molar-refractivity contribution < 1.29 is 13.5 Å². The fraction of sp³-hybridized carbons (Fsp3) is 0.0625. The van der Waals surface area contributed by atoms with E-state index in [9.17, 15) is 0 Å². The number of aromatic nitrogens is 3. The van der Waals surface area contributed by atoms with Crippen LogP contribution in [0.1, 0.15) is 5.56 Å². The molecule has 1 aromatic heterocycles. The van der Waals surface area contributed by atoms with E-state index in [1.165, 1.54) is 0 Å². The molecule has 0 aliphatic rings. The predicted molar refractivity (Wildman–Crippen MR) is 96.9 cm³/mol. The second kappa shape index (κ2) is 8.66. The summed E-state index contributed by atoms with van der Waals surface area (Å²) in [5, 5.41) is 7.93. The van der Waals surface area contributed by atoms with Crippen LogP contribution < -0.4 is 10.1 Å². The molecule has 3 aromatic rings. The molecule has 1 heterocycles. The van der Waals surface area contributed by atoms with Crippen molar-refractivity contribution in [3.05, 3.63) is 71.1 Å². The quantitative estimate of drug-likeness (QED) is 0.215. The minimum Gasteiger partial charge on any atom is -0.397 e. The molecule has 26 heavy (non-hydrogen) atoms. The van der Waals surface area contributed by atoms with E-state index in [1.54, 1.807) is 36.9 Å². The Hall–Kier alpha value is -2.61. The maximum atomic E-state index is 7.41. The molecule has 0 fully saturated rings. The fourth-order valence-corrected chi connectivity index (χ4v) is 2.87. The van der Waals surface area contributed by atoms with Gasteiger partial charge in [0.05, 0.1) is 11.6 Å². The number of hydrogen-bond donors (Lipinski definition) is 1. The van der Waals surface area contributed by atoms with Gasteiger partial charge in [0, 0.05) is 6.54 Å². The van der Waals surface area contributed by atoms with Crippen molar-refractivity contribution in [3.8, 4) is 16.9 Å². The Morgan fingerprint density at radius 3 is 2.69 bits per heavy atom. The number of nitrogens with zero attached hydrogens (tertiary/aromatic N) is 4. The minimum absolute atomic E-state index is 0.357. The van der Waals surface area contributed by atoms with E-state index in [4.69, 9.17) is 28.3 Å². The van der Waals surface area contributed by atoms with Gasteiger partial charge in [0.15, 0.2) is 11.4 Å². The number of benzene rings is 2. The van der Waals surface area contributed by atoms with Crippen LogP contribution in [0, 0.1) is 6.57 Å². The van der Waals surface area contributed by atoms with Gasteiger partial charge in [-0.3, -0.25) is 0 Å². The van der Waals surface area contributed by atoms with Crippen LogP contribution in [0.25, 0.3) is 16.0 Å². The number of hydrogen-bond acceptors (Lipinski definition) is 7. The van der Waals surface area contributed by atoms with Crippen molar-refractivity contribution in [1.82, 2.24) is 14.8 Å². The summed E-state index contributed by atoms with van der Waals surface area (Å²) in [5.41, 5.74) is 3.09. The molecule has 0 unspecified atom stereocenters. The van der Waals surface area contributed by atoms with Gasteiger partial charge in [-0.05, 0) is 28.8 Å². The zero-order chi connectivity index (χ0) is 18.4. The van der Waals surface area contributed by atoms with E-state index in [0.29, 0.717) is 35.3 Å². The first-order valence-electron chi connectivity index (χ1n) is 7.20. The second-order valence-corrected chi connectivity index (χ2v) is 5.90. The van der Waals surface area contributed by atoms with Gasteiger partial charge in [0.2, 0.25) is 0 Å². The lowest BCUT2D eigenvalue weighted by atomic mass is 10.0. The van der Waals surface area contributed by atoms with Crippen molar-refractivity contribution in [2.45, 2.75) is 6.54 Å². The Bertz CT molecular complexity index is 930. The molecule has 0 bridgehead atoms. The Morgan fingerprint density at radius 1 is 1.19 bits per heavy atom. The number of nitrogens with two attached hydrogens (primary N) is 1. The molecule has 0 aliphatic carbocycles. The molecule has 0 atom stereocenters. The molecule has 0 spiro atoms. The molecule has 10 heteroatoms. The number of rotatable bonds is 7. The molecule has 0 aliphatic heterocycles. The lowest BCUT2D eigenvalue weighted by molar-refractivity contribution is -0.199. The summed E-state index contributed by atoms with van der Waals surface area (Å²) in [6.45, 7) is 8.00. The van der Waals surface area contributed by atoms with Crippen molar-refractivity contribution in [2.75, 3.05) is 0 Å². The largest absolute Gasteiger partial charge is 0.397 e. The van der Waals surface area contributed by atoms with E-state index in [1.807, 2.05) is 16.7 Å². The Kier molecular flexibility index (Phi) is 6.06. The minimum atomic E-state index is 0.357. The van der Waals surface area contributed by atoms with Crippen LogP contribution in [-0.4, -0.2) is 14.8 Å². The zero-order valence-electron chi connectivity index (χ0n) is 13.2. The average Bonchev–Trinajstić information content (AvgIpc) is 3.16. The first kappa shape index (κ1) is 18.2. The molecule has 0 amide bonds. The summed E-state index contributed by atoms with van der Waals surface area (Å²) < 4.78 is 11.4. The summed E-state index contributed by atoms with van der Waals surface area (Å²) in [5.74, 6) is 5.11. The van der Waals surface area contributed by atoms with Crippen molar-refractivity contribution >= 4 is 29.6 Å². The third-order valence-corrected chi connectivity index (χ3v) is 4.12. The molecule has 2 aromatic carbocycles. The molecule has 0 saturated heterocycles. The maximum absolute atomic E-state index is 7.41. The standard InChI is InChI=1S/C16H12ClN5O3S/c1-19-15-4-2-11(8-22-9-20-21-10-22)6-13(15)12-3-5-16(14(17)7-12)23-26-25-24-18/h2-7,9-10H,8,18H2. The molecule has 0 radical (unpaired) electrons. The highest BCUT2D eigenvalue weighted by Crippen LogP contribution is 2.37. The summed E-state index contributed by atoms with van der Waals surface area (Å²) in [6.07, 6.45) is 3.27. The molecule has 132 valence electrons. The second-order valence-electron chi connectivity index (χ2n) is 5.06. The zero-order valence-corrected chi connectivity index (χ0v) is 14.8. The van der Waals surface area contributed by atoms with E-state index in [2.05, 4.69) is 24.4 Å². The Labute approximate surface area is 158 Å². The van der Waals surface area contributed by atoms with Crippen molar-refractivity contribution in [2.24, 2.45) is 5.90 Å². The summed E-state index contributed by atoms with van der Waals surface area (Å²) in [7, 11) is 0. The third kappa shape index (κ3) is 4.32. The van der Waals surface area contributed by atoms with Crippen molar-refractivity contribution in [3.63, 3.8) is 0 Å². The summed E-state index contributed by atoms with van der Waals surface area (Å²) in [4.78, 5) is 7.52. The van der Waals surface area contributed by atoms with Crippen LogP contribution in [0.2, 0.25) is 5.02 Å². The van der Waals surface area contributed by atoms with E-state index in [0.717, 1.165) is 16.7 Å². The molecule has 0 saturated carbocycles. The number of halogens is 1. The van der Waals surface area contributed by atoms with Crippen LogP contribution in [0.15, 0.2) is 49.1 Å². The monoisotopic (exact) mass is 389 g/mol. The topological polar surface area (TPSA) is 88.8 Å². The first-order valence-corrected chi connectivity index (χ1v) is 8.25. The SMILES string of the molecule is [C-]#[N+]c1ccc(Cn2cnnc2)cc1-c1ccc(OSOON)c(Cl)c1. The predicted octanol–water partition coefficient (Wildman–Crippen LogP) is 3.96. The lowest BCUT2D eigenvalue weighted by Crippen LogP contribution is -1.97. The van der Waals surface area contributed by atoms with Crippen LogP contribution >= 0.6 is 23.9 Å². The highest BCUT2D eigenvalue weighted by atomic mass is 35.5. The normalized spacial score (nSPS) is 10.5. The summed E-state index contributed by atoms with van der Waals surface area (Å²) in [6, 6.07) is 10.8. The van der Waals surface area contributed by atoms with Crippen molar-refractivity contribution in [1.29, 1.82) is 0 Å². The van der Waals surface area contributed by atoms with E-state index in [-0.39, 0.29) is 0 Å². The highest BCUT2D eigenvalue weighted by Gasteiger charge is 2.11. The Morgan fingerprint density at radius 2 is 2.00 bits per heavy atom. The Balaban J connectivity index is 1.89. The van der Waals surface area contributed by atoms with E-state index >= 15 is 0 Å². The third-order valence-electron chi connectivity index (χ3n) is 3.45. The maximum Gasteiger partial charge on any atom is 0.260 e. The van der Waals surface area contributed by atoms with Gasteiger partial charge in [-0.15, -0.1) is 19.5 Å².